The molecule has 3 rings (SSSR count). The number of thiazole rings is 1. The molecule has 0 spiro atoms. The maximum Gasteiger partial charge on any atom is 0.226 e. The Morgan fingerprint density at radius 3 is 3.00 bits per heavy atom. The van der Waals surface area contributed by atoms with E-state index in [0.29, 0.717) is 13.0 Å². The number of nitrogens with zero attached hydrogens (tertiary/aromatic N) is 2. The fourth-order valence-corrected chi connectivity index (χ4v) is 3.91. The standard InChI is InChI=1S/C16H25N3O2S/c20-15(17-10-14-5-4-8-21-14)9-13-12-22-16(18-13)11-19-6-2-1-3-7-19/h12,14H,1-11H2,(H,17,20). The average Bonchev–Trinajstić information content (AvgIpc) is 3.18. The Balaban J connectivity index is 1.41. The largest absolute Gasteiger partial charge is 0.376 e. The van der Waals surface area contributed by atoms with Gasteiger partial charge in [-0.15, -0.1) is 11.3 Å². The lowest BCUT2D eigenvalue weighted by molar-refractivity contribution is -0.121. The van der Waals surface area contributed by atoms with E-state index in [4.69, 9.17) is 4.74 Å². The van der Waals surface area contributed by atoms with E-state index in [9.17, 15) is 4.79 Å². The number of ether oxygens (including phenoxy) is 1. The van der Waals surface area contributed by atoms with Crippen LogP contribution in [-0.4, -0.2) is 48.1 Å². The van der Waals surface area contributed by atoms with Crippen molar-refractivity contribution in [3.8, 4) is 0 Å². The molecule has 122 valence electrons. The highest BCUT2D eigenvalue weighted by atomic mass is 32.1. The van der Waals surface area contributed by atoms with E-state index in [1.54, 1.807) is 11.3 Å². The van der Waals surface area contributed by atoms with E-state index < -0.39 is 0 Å². The van der Waals surface area contributed by atoms with Crippen molar-refractivity contribution in [1.29, 1.82) is 0 Å². The summed E-state index contributed by atoms with van der Waals surface area (Å²) < 4.78 is 5.51. The van der Waals surface area contributed by atoms with Crippen LogP contribution in [0.3, 0.4) is 0 Å². The van der Waals surface area contributed by atoms with Crippen molar-refractivity contribution in [2.45, 2.75) is 51.2 Å². The zero-order valence-corrected chi connectivity index (χ0v) is 13.9. The van der Waals surface area contributed by atoms with Gasteiger partial charge in [0.05, 0.1) is 24.8 Å². The summed E-state index contributed by atoms with van der Waals surface area (Å²) in [5.41, 5.74) is 0.891. The lowest BCUT2D eigenvalue weighted by atomic mass is 10.1. The molecule has 3 heterocycles. The molecule has 1 amide bonds. The lowest BCUT2D eigenvalue weighted by Crippen LogP contribution is -2.32. The van der Waals surface area contributed by atoms with Gasteiger partial charge in [-0.3, -0.25) is 9.69 Å². The molecule has 2 aliphatic heterocycles. The van der Waals surface area contributed by atoms with Crippen LogP contribution in [0.4, 0.5) is 0 Å². The number of likely N-dealkylation sites (tertiary alicyclic amines) is 1. The van der Waals surface area contributed by atoms with Crippen LogP contribution in [0.1, 0.15) is 42.8 Å². The Labute approximate surface area is 136 Å². The summed E-state index contributed by atoms with van der Waals surface area (Å²) in [5, 5.41) is 6.10. The van der Waals surface area contributed by atoms with Crippen LogP contribution in [0, 0.1) is 0 Å². The Bertz CT molecular complexity index is 479. The van der Waals surface area contributed by atoms with Gasteiger partial charge in [0.25, 0.3) is 0 Å². The summed E-state index contributed by atoms with van der Waals surface area (Å²) in [6.07, 6.45) is 6.68. The SMILES string of the molecule is O=C(Cc1csc(CN2CCCCC2)n1)NCC1CCCO1. The van der Waals surface area contributed by atoms with Crippen molar-refractivity contribution in [2.75, 3.05) is 26.2 Å². The smallest absolute Gasteiger partial charge is 0.226 e. The molecule has 1 atom stereocenters. The molecule has 0 radical (unpaired) electrons. The quantitative estimate of drug-likeness (QED) is 0.869. The van der Waals surface area contributed by atoms with Crippen molar-refractivity contribution < 1.29 is 9.53 Å². The molecule has 1 N–H and O–H groups in total. The number of carbonyl (C=O) groups excluding carboxylic acids is 1. The fourth-order valence-electron chi connectivity index (χ4n) is 3.07. The third-order valence-electron chi connectivity index (χ3n) is 4.30. The normalized spacial score (nSPS) is 22.8. The number of hydrogen-bond donors (Lipinski definition) is 1. The fraction of sp³-hybridized carbons (Fsp3) is 0.750. The topological polar surface area (TPSA) is 54.5 Å². The predicted octanol–water partition coefficient (Wildman–Crippen LogP) is 1.97. The van der Waals surface area contributed by atoms with Gasteiger partial charge in [0, 0.05) is 18.5 Å². The summed E-state index contributed by atoms with van der Waals surface area (Å²) in [6.45, 7) is 4.74. The molecule has 2 saturated heterocycles. The van der Waals surface area contributed by atoms with Gasteiger partial charge in [-0.05, 0) is 38.8 Å². The van der Waals surface area contributed by atoms with Crippen molar-refractivity contribution in [3.63, 3.8) is 0 Å². The van der Waals surface area contributed by atoms with Crippen LogP contribution in [0.5, 0.6) is 0 Å². The average molecular weight is 323 g/mol. The summed E-state index contributed by atoms with van der Waals surface area (Å²) in [7, 11) is 0. The van der Waals surface area contributed by atoms with Crippen LogP contribution in [0.2, 0.25) is 0 Å². The number of aromatic nitrogens is 1. The highest BCUT2D eigenvalue weighted by Gasteiger charge is 2.17. The number of piperidine rings is 1. The van der Waals surface area contributed by atoms with E-state index in [1.807, 2.05) is 5.38 Å². The Hall–Kier alpha value is -0.980. The Morgan fingerprint density at radius 1 is 1.36 bits per heavy atom. The molecule has 22 heavy (non-hydrogen) atoms. The van der Waals surface area contributed by atoms with Crippen molar-refractivity contribution >= 4 is 17.2 Å². The molecule has 5 nitrogen and oxygen atoms in total. The predicted molar refractivity (Wildman–Crippen MR) is 86.9 cm³/mol. The second-order valence-electron chi connectivity index (χ2n) is 6.19. The molecular formula is C16H25N3O2S. The first-order valence-electron chi connectivity index (χ1n) is 8.33. The highest BCUT2D eigenvalue weighted by molar-refractivity contribution is 7.09. The zero-order chi connectivity index (χ0) is 15.2. The van der Waals surface area contributed by atoms with Gasteiger partial charge in [0.2, 0.25) is 5.91 Å². The minimum absolute atomic E-state index is 0.0466. The summed E-state index contributed by atoms with van der Waals surface area (Å²) >= 11 is 1.67. The second kappa shape index (κ2) is 8.04. The third-order valence-corrected chi connectivity index (χ3v) is 5.18. The Kier molecular flexibility index (Phi) is 5.81. The number of hydrogen-bond acceptors (Lipinski definition) is 5. The van der Waals surface area contributed by atoms with E-state index in [1.165, 1.54) is 32.4 Å². The van der Waals surface area contributed by atoms with Crippen LogP contribution >= 0.6 is 11.3 Å². The van der Waals surface area contributed by atoms with Crippen molar-refractivity contribution in [3.05, 3.63) is 16.1 Å². The summed E-state index contributed by atoms with van der Waals surface area (Å²) in [5.74, 6) is 0.0466. The van der Waals surface area contributed by atoms with Gasteiger partial charge in [0.15, 0.2) is 0 Å². The van der Waals surface area contributed by atoms with Gasteiger partial charge in [-0.1, -0.05) is 6.42 Å². The van der Waals surface area contributed by atoms with Gasteiger partial charge >= 0.3 is 0 Å². The van der Waals surface area contributed by atoms with Crippen LogP contribution in [0.15, 0.2) is 5.38 Å². The van der Waals surface area contributed by atoms with E-state index in [0.717, 1.165) is 36.7 Å². The van der Waals surface area contributed by atoms with Gasteiger partial charge in [-0.2, -0.15) is 0 Å². The first kappa shape index (κ1) is 15.9. The van der Waals surface area contributed by atoms with Gasteiger partial charge in [0.1, 0.15) is 5.01 Å². The monoisotopic (exact) mass is 323 g/mol. The van der Waals surface area contributed by atoms with E-state index >= 15 is 0 Å². The van der Waals surface area contributed by atoms with Crippen LogP contribution < -0.4 is 5.32 Å². The first-order chi connectivity index (χ1) is 10.8. The molecule has 0 aliphatic carbocycles. The van der Waals surface area contributed by atoms with Crippen molar-refractivity contribution in [1.82, 2.24) is 15.2 Å². The highest BCUT2D eigenvalue weighted by Crippen LogP contribution is 2.16. The summed E-state index contributed by atoms with van der Waals surface area (Å²) in [4.78, 5) is 19.0. The molecule has 2 aliphatic rings. The second-order valence-corrected chi connectivity index (χ2v) is 7.13. The molecular weight excluding hydrogens is 298 g/mol. The Morgan fingerprint density at radius 2 is 2.23 bits per heavy atom. The maximum atomic E-state index is 12.0. The minimum atomic E-state index is 0.0466. The number of nitrogens with one attached hydrogen (secondary N) is 1. The zero-order valence-electron chi connectivity index (χ0n) is 13.1. The molecule has 0 saturated carbocycles. The molecule has 1 aromatic rings. The van der Waals surface area contributed by atoms with E-state index in [2.05, 4.69) is 15.2 Å². The van der Waals surface area contributed by atoms with Gasteiger partial charge < -0.3 is 10.1 Å². The minimum Gasteiger partial charge on any atom is -0.376 e. The molecule has 2 fully saturated rings. The first-order valence-corrected chi connectivity index (χ1v) is 9.21. The number of rotatable bonds is 6. The third kappa shape index (κ3) is 4.76. The molecule has 0 aromatic carbocycles. The molecule has 1 unspecified atom stereocenters. The molecule has 6 heteroatoms. The molecule has 0 bridgehead atoms. The lowest BCUT2D eigenvalue weighted by Gasteiger charge is -2.25. The van der Waals surface area contributed by atoms with Crippen molar-refractivity contribution in [2.24, 2.45) is 0 Å². The van der Waals surface area contributed by atoms with E-state index in [-0.39, 0.29) is 12.0 Å². The molecule has 1 aromatic heterocycles. The van der Waals surface area contributed by atoms with Crippen LogP contribution in [-0.2, 0) is 22.5 Å². The van der Waals surface area contributed by atoms with Crippen LogP contribution in [0.25, 0.3) is 0 Å². The number of carbonyl (C=O) groups is 1. The number of amides is 1. The van der Waals surface area contributed by atoms with Gasteiger partial charge in [-0.25, -0.2) is 4.98 Å². The maximum absolute atomic E-state index is 12.0. The summed E-state index contributed by atoms with van der Waals surface area (Å²) in [6, 6.07) is 0.